The van der Waals surface area contributed by atoms with Crippen molar-refractivity contribution in [3.8, 4) is 5.75 Å². The van der Waals surface area contributed by atoms with Gasteiger partial charge in [-0.1, -0.05) is 18.2 Å². The van der Waals surface area contributed by atoms with Gasteiger partial charge in [0.1, 0.15) is 29.1 Å². The lowest BCUT2D eigenvalue weighted by Gasteiger charge is -2.33. The topological polar surface area (TPSA) is 71.4 Å². The number of H-pyrrole nitrogens is 1. The maximum atomic E-state index is 13.7. The fraction of sp³-hybridized carbons (Fsp3) is 0.308. The third-order valence-electron chi connectivity index (χ3n) is 6.41. The van der Waals surface area contributed by atoms with Crippen molar-refractivity contribution in [1.82, 2.24) is 14.9 Å². The van der Waals surface area contributed by atoms with Gasteiger partial charge in [-0.25, -0.2) is 9.37 Å². The van der Waals surface area contributed by atoms with Crippen LogP contribution < -0.4 is 4.74 Å². The Kier molecular flexibility index (Phi) is 5.62. The number of likely N-dealkylation sites (tertiary alicyclic amines) is 1. The Balaban J connectivity index is 1.42. The average molecular weight is 448 g/mol. The van der Waals surface area contributed by atoms with Crippen LogP contribution in [0.15, 0.2) is 53.1 Å². The zero-order chi connectivity index (χ0) is 22.9. The summed E-state index contributed by atoms with van der Waals surface area (Å²) in [4.78, 5) is 23.1. The lowest BCUT2D eigenvalue weighted by atomic mass is 10.0. The highest BCUT2D eigenvalue weighted by atomic mass is 19.1. The van der Waals surface area contributed by atoms with Crippen molar-refractivity contribution in [2.45, 2.75) is 38.6 Å². The molecule has 0 aliphatic carbocycles. The summed E-state index contributed by atoms with van der Waals surface area (Å²) in [5.74, 6) is 1.65. The highest BCUT2D eigenvalue weighted by Gasteiger charge is 2.33. The van der Waals surface area contributed by atoms with Crippen LogP contribution in [0.25, 0.3) is 10.9 Å². The number of piperidine rings is 1. The van der Waals surface area contributed by atoms with Crippen LogP contribution in [0.1, 0.15) is 58.6 Å². The summed E-state index contributed by atoms with van der Waals surface area (Å²) < 4.78 is 25.3. The molecule has 2 aromatic carbocycles. The second kappa shape index (κ2) is 8.73. The maximum absolute atomic E-state index is 13.7. The van der Waals surface area contributed by atoms with E-state index in [0.29, 0.717) is 24.6 Å². The molecule has 5 rings (SSSR count). The first-order valence-electron chi connectivity index (χ1n) is 11.2. The smallest absolute Gasteiger partial charge is 0.271 e. The van der Waals surface area contributed by atoms with Gasteiger partial charge < -0.3 is 19.0 Å². The number of hydrogen-bond donors (Lipinski definition) is 1. The fourth-order valence-corrected chi connectivity index (χ4v) is 4.68. The highest BCUT2D eigenvalue weighted by molar-refractivity contribution is 6.01. The monoisotopic (exact) mass is 447 g/mol. The molecule has 1 atom stereocenters. The normalized spacial score (nSPS) is 16.3. The van der Waals surface area contributed by atoms with Gasteiger partial charge in [-0.05, 0) is 56.0 Å². The average Bonchev–Trinajstić information content (AvgIpc) is 3.43. The van der Waals surface area contributed by atoms with Gasteiger partial charge in [0.25, 0.3) is 5.91 Å². The summed E-state index contributed by atoms with van der Waals surface area (Å²) in [7, 11) is 1.65. The minimum absolute atomic E-state index is 0.113. The number of carbonyl (C=O) groups excluding carboxylic acids is 1. The minimum atomic E-state index is -0.318. The number of oxazole rings is 1. The number of nitrogens with zero attached hydrogens (tertiary/aromatic N) is 2. The molecule has 1 saturated heterocycles. The Morgan fingerprint density at radius 3 is 2.97 bits per heavy atom. The summed E-state index contributed by atoms with van der Waals surface area (Å²) >= 11 is 0. The molecule has 0 bridgehead atoms. The SMILES string of the molecule is COc1ccccc1Cc1cnc([C@@H]2CCCCN2C(=O)c2[nH]c3ccc(F)cc3c2C)o1. The molecule has 33 heavy (non-hydrogen) atoms. The van der Waals surface area contributed by atoms with Crippen molar-refractivity contribution in [1.29, 1.82) is 0 Å². The number of hydrogen-bond acceptors (Lipinski definition) is 4. The summed E-state index contributed by atoms with van der Waals surface area (Å²) in [5.41, 5.74) is 3.01. The van der Waals surface area contributed by atoms with E-state index in [0.717, 1.165) is 52.8 Å². The van der Waals surface area contributed by atoms with E-state index in [-0.39, 0.29) is 17.8 Å². The summed E-state index contributed by atoms with van der Waals surface area (Å²) in [6.45, 7) is 2.47. The van der Waals surface area contributed by atoms with Crippen molar-refractivity contribution in [3.05, 3.63) is 83.0 Å². The highest BCUT2D eigenvalue weighted by Crippen LogP contribution is 2.34. The Bertz CT molecular complexity index is 1310. The van der Waals surface area contributed by atoms with E-state index >= 15 is 0 Å². The number of aromatic amines is 1. The molecule has 0 spiro atoms. The molecule has 0 unspecified atom stereocenters. The number of amides is 1. The van der Waals surface area contributed by atoms with Crippen molar-refractivity contribution in [2.75, 3.05) is 13.7 Å². The predicted molar refractivity (Wildman–Crippen MR) is 123 cm³/mol. The molecule has 6 nitrogen and oxygen atoms in total. The van der Waals surface area contributed by atoms with E-state index in [1.807, 2.05) is 36.1 Å². The van der Waals surface area contributed by atoms with E-state index in [1.165, 1.54) is 12.1 Å². The molecule has 1 N–H and O–H groups in total. The molecule has 170 valence electrons. The van der Waals surface area contributed by atoms with Crippen LogP contribution in [-0.2, 0) is 6.42 Å². The van der Waals surface area contributed by atoms with Gasteiger partial charge in [0.05, 0.1) is 13.3 Å². The van der Waals surface area contributed by atoms with Gasteiger partial charge in [-0.15, -0.1) is 0 Å². The second-order valence-electron chi connectivity index (χ2n) is 8.48. The third kappa shape index (κ3) is 3.99. The van der Waals surface area contributed by atoms with E-state index in [2.05, 4.69) is 9.97 Å². The zero-order valence-corrected chi connectivity index (χ0v) is 18.7. The van der Waals surface area contributed by atoms with Gasteiger partial charge >= 0.3 is 0 Å². The predicted octanol–water partition coefficient (Wildman–Crippen LogP) is 5.57. The fourth-order valence-electron chi connectivity index (χ4n) is 4.68. The number of methoxy groups -OCH3 is 1. The third-order valence-corrected chi connectivity index (χ3v) is 6.41. The zero-order valence-electron chi connectivity index (χ0n) is 18.7. The molecule has 1 amide bonds. The summed E-state index contributed by atoms with van der Waals surface area (Å²) in [6.07, 6.45) is 5.00. The molecule has 0 saturated carbocycles. The van der Waals surface area contributed by atoms with Crippen molar-refractivity contribution >= 4 is 16.8 Å². The number of nitrogens with one attached hydrogen (secondary N) is 1. The Hall–Kier alpha value is -3.61. The Morgan fingerprint density at radius 1 is 1.27 bits per heavy atom. The lowest BCUT2D eigenvalue weighted by Crippen LogP contribution is -2.39. The van der Waals surface area contributed by atoms with Crippen LogP contribution in [0.2, 0.25) is 0 Å². The van der Waals surface area contributed by atoms with Crippen molar-refractivity contribution < 1.29 is 18.3 Å². The standard InChI is InChI=1S/C26H26FN3O3/c1-16-20-14-18(27)10-11-21(20)29-24(16)26(31)30-12-6-5-8-22(30)25-28-15-19(33-25)13-17-7-3-4-9-23(17)32-2/h3-4,7,9-11,14-15,22,29H,5-6,8,12-13H2,1-2H3/t22-/m0/s1. The first kappa shape index (κ1) is 21.2. The van der Waals surface area contributed by atoms with Crippen molar-refractivity contribution in [3.63, 3.8) is 0 Å². The van der Waals surface area contributed by atoms with E-state index in [4.69, 9.17) is 9.15 Å². The molecule has 4 aromatic rings. The number of aromatic nitrogens is 2. The number of aryl methyl sites for hydroxylation is 1. The number of benzene rings is 2. The van der Waals surface area contributed by atoms with Gasteiger partial charge in [-0.3, -0.25) is 4.79 Å². The van der Waals surface area contributed by atoms with Gasteiger partial charge in [0.2, 0.25) is 5.89 Å². The molecule has 0 radical (unpaired) electrons. The Labute approximate surface area is 191 Å². The first-order chi connectivity index (χ1) is 16.0. The molecule has 7 heteroatoms. The van der Waals surface area contributed by atoms with E-state index in [1.54, 1.807) is 19.4 Å². The lowest BCUT2D eigenvalue weighted by molar-refractivity contribution is 0.0564. The number of rotatable bonds is 5. The number of ether oxygens (including phenoxy) is 1. The van der Waals surface area contributed by atoms with Crippen LogP contribution in [0, 0.1) is 12.7 Å². The molecular formula is C26H26FN3O3. The molecule has 3 heterocycles. The molecule has 2 aromatic heterocycles. The van der Waals surface area contributed by atoms with Crippen molar-refractivity contribution in [2.24, 2.45) is 0 Å². The number of carbonyl (C=O) groups is 1. The number of para-hydroxylation sites is 1. The first-order valence-corrected chi connectivity index (χ1v) is 11.2. The second-order valence-corrected chi connectivity index (χ2v) is 8.48. The molecular weight excluding hydrogens is 421 g/mol. The van der Waals surface area contributed by atoms with Crippen LogP contribution in [0.3, 0.4) is 0 Å². The minimum Gasteiger partial charge on any atom is -0.496 e. The summed E-state index contributed by atoms with van der Waals surface area (Å²) in [6, 6.07) is 12.1. The largest absolute Gasteiger partial charge is 0.496 e. The Morgan fingerprint density at radius 2 is 2.12 bits per heavy atom. The molecule has 1 fully saturated rings. The van der Waals surface area contributed by atoms with Crippen LogP contribution >= 0.6 is 0 Å². The van der Waals surface area contributed by atoms with Crippen LogP contribution in [0.4, 0.5) is 4.39 Å². The van der Waals surface area contributed by atoms with Gasteiger partial charge in [-0.2, -0.15) is 0 Å². The van der Waals surface area contributed by atoms with E-state index in [9.17, 15) is 9.18 Å². The number of fused-ring (bicyclic) bond motifs is 1. The van der Waals surface area contributed by atoms with Crippen LogP contribution in [-0.4, -0.2) is 34.4 Å². The van der Waals surface area contributed by atoms with Gasteiger partial charge in [0, 0.05) is 29.4 Å². The van der Waals surface area contributed by atoms with Crippen LogP contribution in [0.5, 0.6) is 5.75 Å². The maximum Gasteiger partial charge on any atom is 0.271 e. The molecule has 1 aliphatic heterocycles. The molecule has 1 aliphatic rings. The quantitative estimate of drug-likeness (QED) is 0.434. The number of halogens is 1. The van der Waals surface area contributed by atoms with Gasteiger partial charge in [0.15, 0.2) is 0 Å². The van der Waals surface area contributed by atoms with E-state index < -0.39 is 0 Å². The summed E-state index contributed by atoms with van der Waals surface area (Å²) in [5, 5.41) is 0.724.